The summed E-state index contributed by atoms with van der Waals surface area (Å²) in [6.45, 7) is 0. The second kappa shape index (κ2) is 8.73. The highest BCUT2D eigenvalue weighted by Gasteiger charge is 2.28. The summed E-state index contributed by atoms with van der Waals surface area (Å²) in [5.74, 6) is -0.159. The van der Waals surface area contributed by atoms with Crippen LogP contribution in [0.1, 0.15) is 54.1 Å². The number of nitro benzene ring substituents is 1. The summed E-state index contributed by atoms with van der Waals surface area (Å²) >= 11 is 0. The van der Waals surface area contributed by atoms with E-state index in [0.717, 1.165) is 49.6 Å². The molecule has 8 heteroatoms. The molecule has 1 N–H and O–H groups in total. The van der Waals surface area contributed by atoms with Crippen molar-refractivity contribution < 1.29 is 18.1 Å². The molecule has 0 radical (unpaired) electrons. The van der Waals surface area contributed by atoms with Gasteiger partial charge in [0.2, 0.25) is 0 Å². The first-order chi connectivity index (χ1) is 13.8. The summed E-state index contributed by atoms with van der Waals surface area (Å²) in [7, 11) is -3.78. The Balaban J connectivity index is 1.91. The van der Waals surface area contributed by atoms with Gasteiger partial charge in [0, 0.05) is 17.9 Å². The van der Waals surface area contributed by atoms with Crippen molar-refractivity contribution in [3.8, 4) is 0 Å². The molecule has 1 atom stereocenters. The van der Waals surface area contributed by atoms with Crippen molar-refractivity contribution in [2.24, 2.45) is 5.92 Å². The first-order valence-corrected chi connectivity index (χ1v) is 11.5. The molecule has 154 valence electrons. The van der Waals surface area contributed by atoms with Crippen LogP contribution in [-0.4, -0.2) is 25.5 Å². The van der Waals surface area contributed by atoms with Crippen molar-refractivity contribution in [1.82, 2.24) is 5.32 Å². The number of sulfone groups is 1. The van der Waals surface area contributed by atoms with E-state index >= 15 is 0 Å². The van der Waals surface area contributed by atoms with Gasteiger partial charge in [0.1, 0.15) is 4.90 Å². The third-order valence-electron chi connectivity index (χ3n) is 5.38. The summed E-state index contributed by atoms with van der Waals surface area (Å²) in [5, 5.41) is 14.4. The Labute approximate surface area is 170 Å². The predicted molar refractivity (Wildman–Crippen MR) is 109 cm³/mol. The molecule has 1 amide bonds. The molecule has 1 aliphatic rings. The molecule has 0 unspecified atom stereocenters. The van der Waals surface area contributed by atoms with E-state index in [4.69, 9.17) is 0 Å². The number of hydrogen-bond acceptors (Lipinski definition) is 5. The molecule has 0 aromatic heterocycles. The monoisotopic (exact) mass is 416 g/mol. The minimum Gasteiger partial charge on any atom is -0.345 e. The van der Waals surface area contributed by atoms with Gasteiger partial charge in [0.25, 0.3) is 11.6 Å². The smallest absolute Gasteiger partial charge is 0.288 e. The standard InChI is InChI=1S/C21H24N2O5S/c1-29(27,28)19-13-12-17(14-18(19)23(25)26)21(24)22-20(15-8-4-2-5-9-15)16-10-6-3-7-11-16/h2,4-5,8-9,12-14,16,20H,3,6-7,10-11H2,1H3,(H,22,24)/t20-/m0/s1. The normalized spacial score (nSPS) is 16.2. The van der Waals surface area contributed by atoms with Gasteiger partial charge in [0.05, 0.1) is 11.0 Å². The number of carbonyl (C=O) groups excluding carboxylic acids is 1. The second-order valence-corrected chi connectivity index (χ2v) is 9.46. The van der Waals surface area contributed by atoms with Crippen molar-refractivity contribution in [1.29, 1.82) is 0 Å². The molecule has 3 rings (SSSR count). The largest absolute Gasteiger partial charge is 0.345 e. The van der Waals surface area contributed by atoms with Crippen LogP contribution in [-0.2, 0) is 9.84 Å². The Kier molecular flexibility index (Phi) is 6.32. The fourth-order valence-electron chi connectivity index (χ4n) is 3.94. The molecule has 1 saturated carbocycles. The van der Waals surface area contributed by atoms with Crippen molar-refractivity contribution in [2.75, 3.05) is 6.26 Å². The fourth-order valence-corrected chi connectivity index (χ4v) is 4.77. The summed E-state index contributed by atoms with van der Waals surface area (Å²) in [6, 6.07) is 13.0. The van der Waals surface area contributed by atoms with Crippen LogP contribution in [0.5, 0.6) is 0 Å². The van der Waals surface area contributed by atoms with Crippen LogP contribution >= 0.6 is 0 Å². The lowest BCUT2D eigenvalue weighted by atomic mass is 9.81. The zero-order valence-corrected chi connectivity index (χ0v) is 17.0. The highest BCUT2D eigenvalue weighted by atomic mass is 32.2. The van der Waals surface area contributed by atoms with Gasteiger partial charge >= 0.3 is 0 Å². The van der Waals surface area contributed by atoms with Crippen LogP contribution in [0, 0.1) is 16.0 Å². The van der Waals surface area contributed by atoms with Crippen LogP contribution in [0.4, 0.5) is 5.69 Å². The van der Waals surface area contributed by atoms with Gasteiger partial charge in [-0.1, -0.05) is 49.6 Å². The Morgan fingerprint density at radius 1 is 1.10 bits per heavy atom. The van der Waals surface area contributed by atoms with Crippen LogP contribution < -0.4 is 5.32 Å². The molecular weight excluding hydrogens is 392 g/mol. The lowest BCUT2D eigenvalue weighted by molar-refractivity contribution is -0.387. The van der Waals surface area contributed by atoms with E-state index in [9.17, 15) is 23.3 Å². The molecule has 1 fully saturated rings. The summed E-state index contributed by atoms with van der Waals surface area (Å²) < 4.78 is 23.6. The summed E-state index contributed by atoms with van der Waals surface area (Å²) in [4.78, 5) is 23.1. The predicted octanol–water partition coefficient (Wildman–Crippen LogP) is 4.05. The SMILES string of the molecule is CS(=O)(=O)c1ccc(C(=O)N[C@@H](c2ccccc2)C2CCCCC2)cc1[N+](=O)[O-]. The maximum atomic E-state index is 12.9. The number of nitrogens with zero attached hydrogens (tertiary/aromatic N) is 1. The molecule has 0 saturated heterocycles. The summed E-state index contributed by atoms with van der Waals surface area (Å²) in [5.41, 5.74) is 0.477. The van der Waals surface area contributed by atoms with E-state index in [1.807, 2.05) is 30.3 Å². The van der Waals surface area contributed by atoms with E-state index in [1.165, 1.54) is 12.5 Å². The average Bonchev–Trinajstić information content (AvgIpc) is 2.72. The molecule has 0 bridgehead atoms. The number of rotatable bonds is 6. The number of nitro groups is 1. The van der Waals surface area contributed by atoms with Crippen molar-refractivity contribution >= 4 is 21.4 Å². The number of nitrogens with one attached hydrogen (secondary N) is 1. The lowest BCUT2D eigenvalue weighted by Crippen LogP contribution is -2.34. The zero-order chi connectivity index (χ0) is 21.0. The van der Waals surface area contributed by atoms with Gasteiger partial charge in [-0.3, -0.25) is 14.9 Å². The van der Waals surface area contributed by atoms with Gasteiger partial charge in [-0.15, -0.1) is 0 Å². The molecule has 0 aliphatic heterocycles. The maximum Gasteiger partial charge on any atom is 0.288 e. The Morgan fingerprint density at radius 2 is 1.76 bits per heavy atom. The average molecular weight is 416 g/mol. The molecule has 0 heterocycles. The van der Waals surface area contributed by atoms with E-state index in [1.54, 1.807) is 0 Å². The van der Waals surface area contributed by atoms with Gasteiger partial charge in [-0.2, -0.15) is 0 Å². The molecule has 2 aromatic rings. The van der Waals surface area contributed by atoms with Crippen molar-refractivity contribution in [3.63, 3.8) is 0 Å². The lowest BCUT2D eigenvalue weighted by Gasteiger charge is -2.31. The summed E-state index contributed by atoms with van der Waals surface area (Å²) in [6.07, 6.45) is 6.32. The van der Waals surface area contributed by atoms with Crippen LogP contribution in [0.25, 0.3) is 0 Å². The van der Waals surface area contributed by atoms with Crippen molar-refractivity contribution in [2.45, 2.75) is 43.0 Å². The van der Waals surface area contributed by atoms with E-state index in [2.05, 4.69) is 5.32 Å². The number of amides is 1. The minimum atomic E-state index is -3.78. The number of benzene rings is 2. The van der Waals surface area contributed by atoms with Gasteiger partial charge in [-0.05, 0) is 36.5 Å². The van der Waals surface area contributed by atoms with Crippen LogP contribution in [0.3, 0.4) is 0 Å². The fraction of sp³-hybridized carbons (Fsp3) is 0.381. The minimum absolute atomic E-state index is 0.0702. The second-order valence-electron chi connectivity index (χ2n) is 7.47. The van der Waals surface area contributed by atoms with Gasteiger partial charge in [-0.25, -0.2) is 8.42 Å². The topological polar surface area (TPSA) is 106 Å². The van der Waals surface area contributed by atoms with E-state index in [-0.39, 0.29) is 11.6 Å². The van der Waals surface area contributed by atoms with Crippen molar-refractivity contribution in [3.05, 3.63) is 69.8 Å². The molecule has 1 aliphatic carbocycles. The van der Waals surface area contributed by atoms with E-state index < -0.39 is 31.3 Å². The number of hydrogen-bond donors (Lipinski definition) is 1. The molecule has 2 aromatic carbocycles. The Morgan fingerprint density at radius 3 is 2.34 bits per heavy atom. The quantitative estimate of drug-likeness (QED) is 0.565. The third kappa shape index (κ3) is 5.00. The van der Waals surface area contributed by atoms with Gasteiger partial charge in [0.15, 0.2) is 9.84 Å². The highest BCUT2D eigenvalue weighted by molar-refractivity contribution is 7.90. The maximum absolute atomic E-state index is 12.9. The highest BCUT2D eigenvalue weighted by Crippen LogP contribution is 2.35. The Hall–Kier alpha value is -2.74. The molecular formula is C21H24N2O5S. The Bertz CT molecular complexity index is 999. The zero-order valence-electron chi connectivity index (χ0n) is 16.2. The van der Waals surface area contributed by atoms with Gasteiger partial charge < -0.3 is 5.32 Å². The third-order valence-corrected chi connectivity index (χ3v) is 6.53. The first-order valence-electron chi connectivity index (χ1n) is 9.61. The molecule has 0 spiro atoms. The number of carbonyl (C=O) groups is 1. The van der Waals surface area contributed by atoms with E-state index in [0.29, 0.717) is 5.92 Å². The molecule has 7 nitrogen and oxygen atoms in total. The van der Waals surface area contributed by atoms with Crippen LogP contribution in [0.15, 0.2) is 53.4 Å². The first kappa shape index (κ1) is 21.0. The van der Waals surface area contributed by atoms with Crippen LogP contribution in [0.2, 0.25) is 0 Å². The molecule has 29 heavy (non-hydrogen) atoms.